The zero-order valence-corrected chi connectivity index (χ0v) is 11.5. The van der Waals surface area contributed by atoms with Crippen molar-refractivity contribution in [2.75, 3.05) is 12.4 Å². The molecule has 0 heterocycles. The van der Waals surface area contributed by atoms with Crippen LogP contribution in [0.25, 0.3) is 0 Å². The Kier molecular flexibility index (Phi) is 4.44. The van der Waals surface area contributed by atoms with E-state index in [0.717, 1.165) is 5.69 Å². The van der Waals surface area contributed by atoms with Crippen LogP contribution in [0.15, 0.2) is 36.4 Å². The van der Waals surface area contributed by atoms with Crippen LogP contribution in [0.2, 0.25) is 5.02 Å². The molecule has 3 nitrogen and oxygen atoms in total. The normalized spacial score (nSPS) is 9.90. The molecule has 0 spiro atoms. The number of ether oxygens (including phenoxy) is 1. The molecule has 0 aromatic heterocycles. The van der Waals surface area contributed by atoms with Gasteiger partial charge in [-0.25, -0.2) is 4.39 Å². The summed E-state index contributed by atoms with van der Waals surface area (Å²) in [6, 6.07) is 11.4. The van der Waals surface area contributed by atoms with Crippen LogP contribution in [-0.4, -0.2) is 7.11 Å². The van der Waals surface area contributed by atoms with Crippen LogP contribution in [0, 0.1) is 17.1 Å². The highest BCUT2D eigenvalue weighted by molar-refractivity contribution is 6.32. The van der Waals surface area contributed by atoms with Crippen molar-refractivity contribution in [1.82, 2.24) is 0 Å². The number of methoxy groups -OCH3 is 1. The van der Waals surface area contributed by atoms with Gasteiger partial charge in [0.2, 0.25) is 0 Å². The van der Waals surface area contributed by atoms with Gasteiger partial charge in [0.15, 0.2) is 0 Å². The Morgan fingerprint density at radius 2 is 2.10 bits per heavy atom. The molecule has 0 unspecified atom stereocenters. The number of anilines is 1. The number of nitriles is 1. The first-order chi connectivity index (χ1) is 9.63. The van der Waals surface area contributed by atoms with Gasteiger partial charge in [-0.15, -0.1) is 0 Å². The Morgan fingerprint density at radius 3 is 2.75 bits per heavy atom. The fourth-order valence-electron chi connectivity index (χ4n) is 1.79. The molecule has 0 radical (unpaired) electrons. The summed E-state index contributed by atoms with van der Waals surface area (Å²) in [6.07, 6.45) is 0. The standard InChI is InChI=1S/C15H12ClFN2O/c1-20-15-5-4-13(7-14(15)16)19-9-11-6-12(17)3-2-10(11)8-18/h2-7,19H,9H2,1H3. The monoisotopic (exact) mass is 290 g/mol. The number of hydrogen-bond acceptors (Lipinski definition) is 3. The lowest BCUT2D eigenvalue weighted by atomic mass is 10.1. The minimum absolute atomic E-state index is 0.337. The van der Waals surface area contributed by atoms with E-state index >= 15 is 0 Å². The minimum atomic E-state index is -0.367. The fourth-order valence-corrected chi connectivity index (χ4v) is 2.05. The molecule has 0 saturated heterocycles. The van der Waals surface area contributed by atoms with Crippen molar-refractivity contribution in [3.8, 4) is 11.8 Å². The van der Waals surface area contributed by atoms with Crippen molar-refractivity contribution in [3.05, 3.63) is 58.4 Å². The van der Waals surface area contributed by atoms with Gasteiger partial charge in [-0.05, 0) is 42.0 Å². The van der Waals surface area contributed by atoms with E-state index in [0.29, 0.717) is 28.4 Å². The highest BCUT2D eigenvalue weighted by atomic mass is 35.5. The molecule has 2 rings (SSSR count). The van der Waals surface area contributed by atoms with Gasteiger partial charge in [0, 0.05) is 12.2 Å². The van der Waals surface area contributed by atoms with E-state index in [9.17, 15) is 4.39 Å². The van der Waals surface area contributed by atoms with Crippen molar-refractivity contribution in [2.45, 2.75) is 6.54 Å². The van der Waals surface area contributed by atoms with Gasteiger partial charge >= 0.3 is 0 Å². The van der Waals surface area contributed by atoms with Crippen molar-refractivity contribution in [1.29, 1.82) is 5.26 Å². The van der Waals surface area contributed by atoms with Gasteiger partial charge in [-0.3, -0.25) is 0 Å². The molecule has 0 saturated carbocycles. The molecular formula is C15H12ClFN2O. The molecule has 0 aliphatic rings. The lowest BCUT2D eigenvalue weighted by Gasteiger charge is -2.10. The maximum absolute atomic E-state index is 13.2. The summed E-state index contributed by atoms with van der Waals surface area (Å²) in [5.74, 6) is 0.217. The van der Waals surface area contributed by atoms with E-state index in [2.05, 4.69) is 5.32 Å². The van der Waals surface area contributed by atoms with Gasteiger partial charge in [-0.2, -0.15) is 5.26 Å². The van der Waals surface area contributed by atoms with Gasteiger partial charge in [0.1, 0.15) is 11.6 Å². The molecule has 0 aliphatic heterocycles. The Morgan fingerprint density at radius 1 is 1.30 bits per heavy atom. The SMILES string of the molecule is COc1ccc(NCc2cc(F)ccc2C#N)cc1Cl. The first-order valence-electron chi connectivity index (χ1n) is 5.90. The summed E-state index contributed by atoms with van der Waals surface area (Å²) in [5.41, 5.74) is 1.81. The second kappa shape index (κ2) is 6.27. The quantitative estimate of drug-likeness (QED) is 0.926. The molecule has 0 bridgehead atoms. The Labute approximate surface area is 121 Å². The lowest BCUT2D eigenvalue weighted by molar-refractivity contribution is 0.415. The Bertz CT molecular complexity index is 667. The van der Waals surface area contributed by atoms with Crippen LogP contribution in [0.3, 0.4) is 0 Å². The van der Waals surface area contributed by atoms with Crippen LogP contribution >= 0.6 is 11.6 Å². The first-order valence-corrected chi connectivity index (χ1v) is 6.28. The molecule has 1 N–H and O–H groups in total. The molecule has 0 aliphatic carbocycles. The third kappa shape index (κ3) is 3.19. The van der Waals surface area contributed by atoms with Crippen LogP contribution in [0.1, 0.15) is 11.1 Å². The minimum Gasteiger partial charge on any atom is -0.495 e. The smallest absolute Gasteiger partial charge is 0.137 e. The molecule has 5 heteroatoms. The summed E-state index contributed by atoms with van der Waals surface area (Å²) in [7, 11) is 1.54. The molecule has 0 atom stereocenters. The number of rotatable bonds is 4. The van der Waals surface area contributed by atoms with Gasteiger partial charge in [-0.1, -0.05) is 11.6 Å². The van der Waals surface area contributed by atoms with Gasteiger partial charge in [0.05, 0.1) is 23.8 Å². The second-order valence-electron chi connectivity index (χ2n) is 4.12. The molecule has 102 valence electrons. The summed E-state index contributed by atoms with van der Waals surface area (Å²) >= 11 is 6.02. The van der Waals surface area contributed by atoms with E-state index in [1.54, 1.807) is 25.3 Å². The number of nitrogens with zero attached hydrogens (tertiary/aromatic N) is 1. The zero-order chi connectivity index (χ0) is 14.5. The largest absolute Gasteiger partial charge is 0.495 e. The summed E-state index contributed by atoms with van der Waals surface area (Å²) < 4.78 is 18.3. The third-order valence-electron chi connectivity index (χ3n) is 2.82. The zero-order valence-electron chi connectivity index (χ0n) is 10.8. The summed E-state index contributed by atoms with van der Waals surface area (Å²) in [6.45, 7) is 0.337. The second-order valence-corrected chi connectivity index (χ2v) is 4.52. The van der Waals surface area contributed by atoms with Crippen molar-refractivity contribution in [2.24, 2.45) is 0 Å². The molecule has 0 fully saturated rings. The number of halogens is 2. The predicted octanol–water partition coefficient (Wildman–Crippen LogP) is 3.97. The predicted molar refractivity (Wildman–Crippen MR) is 76.4 cm³/mol. The highest BCUT2D eigenvalue weighted by Crippen LogP contribution is 2.27. The summed E-state index contributed by atoms with van der Waals surface area (Å²) in [5, 5.41) is 12.6. The maximum Gasteiger partial charge on any atom is 0.137 e. The molecular weight excluding hydrogens is 279 g/mol. The van der Waals surface area contributed by atoms with Crippen LogP contribution in [-0.2, 0) is 6.54 Å². The lowest BCUT2D eigenvalue weighted by Crippen LogP contribution is -2.02. The van der Waals surface area contributed by atoms with Crippen molar-refractivity contribution >= 4 is 17.3 Å². The molecule has 2 aromatic carbocycles. The van der Waals surface area contributed by atoms with E-state index in [1.165, 1.54) is 18.2 Å². The average Bonchev–Trinajstić information content (AvgIpc) is 2.45. The highest BCUT2D eigenvalue weighted by Gasteiger charge is 2.05. The van der Waals surface area contributed by atoms with Gasteiger partial charge in [0.25, 0.3) is 0 Å². The van der Waals surface area contributed by atoms with Crippen LogP contribution < -0.4 is 10.1 Å². The Balaban J connectivity index is 2.15. The number of benzene rings is 2. The van der Waals surface area contributed by atoms with Gasteiger partial charge < -0.3 is 10.1 Å². The molecule has 0 amide bonds. The Hall–Kier alpha value is -2.25. The fraction of sp³-hybridized carbons (Fsp3) is 0.133. The van der Waals surface area contributed by atoms with Crippen LogP contribution in [0.5, 0.6) is 5.75 Å². The van der Waals surface area contributed by atoms with E-state index < -0.39 is 0 Å². The maximum atomic E-state index is 13.2. The average molecular weight is 291 g/mol. The van der Waals surface area contributed by atoms with Crippen LogP contribution in [0.4, 0.5) is 10.1 Å². The number of hydrogen-bond donors (Lipinski definition) is 1. The molecule has 20 heavy (non-hydrogen) atoms. The van der Waals surface area contributed by atoms with E-state index in [4.69, 9.17) is 21.6 Å². The topological polar surface area (TPSA) is 45.0 Å². The third-order valence-corrected chi connectivity index (χ3v) is 3.12. The molecule has 2 aromatic rings. The van der Waals surface area contributed by atoms with E-state index in [1.807, 2.05) is 6.07 Å². The van der Waals surface area contributed by atoms with Crippen molar-refractivity contribution in [3.63, 3.8) is 0 Å². The van der Waals surface area contributed by atoms with Crippen molar-refractivity contribution < 1.29 is 9.13 Å². The number of nitrogens with one attached hydrogen (secondary N) is 1. The first kappa shape index (κ1) is 14.2. The van der Waals surface area contributed by atoms with E-state index in [-0.39, 0.29) is 5.82 Å². The summed E-state index contributed by atoms with van der Waals surface area (Å²) in [4.78, 5) is 0.